The van der Waals surface area contributed by atoms with Gasteiger partial charge in [0, 0.05) is 24.3 Å². The Kier molecular flexibility index (Phi) is 2.96. The third-order valence-electron chi connectivity index (χ3n) is 3.69. The van der Waals surface area contributed by atoms with Crippen LogP contribution in [0.25, 0.3) is 0 Å². The van der Waals surface area contributed by atoms with Gasteiger partial charge in [-0.2, -0.15) is 0 Å². The second kappa shape index (κ2) is 4.61. The lowest BCUT2D eigenvalue weighted by molar-refractivity contribution is 0.00359. The van der Waals surface area contributed by atoms with Crippen LogP contribution in [0.1, 0.15) is 22.8 Å². The summed E-state index contributed by atoms with van der Waals surface area (Å²) >= 11 is 0. The molecule has 96 valence electrons. The first-order valence-corrected chi connectivity index (χ1v) is 6.51. The standard InChI is InChI=1S/C14H18N2O2/c1-10-9-18-7-6-16(10)14(17)12-2-3-13-11(8-12)4-5-15-13/h2-3,8,10,15H,4-7,9H2,1H3. The fraction of sp³-hybridized carbons (Fsp3) is 0.500. The zero-order valence-corrected chi connectivity index (χ0v) is 10.6. The molecule has 0 aromatic heterocycles. The van der Waals surface area contributed by atoms with Crippen LogP contribution >= 0.6 is 0 Å². The van der Waals surface area contributed by atoms with Gasteiger partial charge >= 0.3 is 0 Å². The molecule has 4 heteroatoms. The first kappa shape index (κ1) is 11.5. The highest BCUT2D eigenvalue weighted by Gasteiger charge is 2.25. The first-order chi connectivity index (χ1) is 8.75. The summed E-state index contributed by atoms with van der Waals surface area (Å²) in [6.07, 6.45) is 1.01. The molecule has 2 heterocycles. The van der Waals surface area contributed by atoms with Crippen LogP contribution in [0.4, 0.5) is 5.69 Å². The Bertz CT molecular complexity index is 473. The van der Waals surface area contributed by atoms with Crippen molar-refractivity contribution >= 4 is 11.6 Å². The molecule has 0 bridgehead atoms. The molecule has 1 aromatic carbocycles. The summed E-state index contributed by atoms with van der Waals surface area (Å²) in [4.78, 5) is 14.4. The average molecular weight is 246 g/mol. The highest BCUT2D eigenvalue weighted by molar-refractivity contribution is 5.95. The molecule has 1 N–H and O–H groups in total. The van der Waals surface area contributed by atoms with E-state index in [1.807, 2.05) is 30.0 Å². The van der Waals surface area contributed by atoms with Crippen LogP contribution in [0.3, 0.4) is 0 Å². The molecule has 0 saturated carbocycles. The van der Waals surface area contributed by atoms with E-state index in [1.54, 1.807) is 0 Å². The Morgan fingerprint density at radius 2 is 2.39 bits per heavy atom. The number of hydrogen-bond acceptors (Lipinski definition) is 3. The van der Waals surface area contributed by atoms with E-state index in [0.29, 0.717) is 19.8 Å². The van der Waals surface area contributed by atoms with E-state index in [1.165, 1.54) is 11.3 Å². The predicted octanol–water partition coefficient (Wildman–Crippen LogP) is 1.52. The summed E-state index contributed by atoms with van der Waals surface area (Å²) in [6.45, 7) is 4.98. The number of nitrogens with one attached hydrogen (secondary N) is 1. The number of benzene rings is 1. The van der Waals surface area contributed by atoms with Gasteiger partial charge in [-0.05, 0) is 37.1 Å². The molecule has 1 aromatic rings. The Labute approximate surface area is 107 Å². The van der Waals surface area contributed by atoms with E-state index in [2.05, 4.69) is 5.32 Å². The van der Waals surface area contributed by atoms with Crippen LogP contribution in [0.15, 0.2) is 18.2 Å². The molecule has 1 fully saturated rings. The maximum atomic E-state index is 12.5. The van der Waals surface area contributed by atoms with Crippen molar-refractivity contribution in [3.05, 3.63) is 29.3 Å². The van der Waals surface area contributed by atoms with Crippen molar-refractivity contribution in [1.29, 1.82) is 0 Å². The van der Waals surface area contributed by atoms with Crippen LogP contribution < -0.4 is 5.32 Å². The second-order valence-corrected chi connectivity index (χ2v) is 4.97. The third kappa shape index (κ3) is 1.97. The fourth-order valence-corrected chi connectivity index (χ4v) is 2.63. The van der Waals surface area contributed by atoms with Gasteiger partial charge in [0.25, 0.3) is 5.91 Å². The molecule has 1 unspecified atom stereocenters. The van der Waals surface area contributed by atoms with Crippen molar-refractivity contribution in [2.45, 2.75) is 19.4 Å². The van der Waals surface area contributed by atoms with E-state index >= 15 is 0 Å². The number of carbonyl (C=O) groups is 1. The zero-order chi connectivity index (χ0) is 12.5. The summed E-state index contributed by atoms with van der Waals surface area (Å²) < 4.78 is 5.37. The smallest absolute Gasteiger partial charge is 0.254 e. The van der Waals surface area contributed by atoms with E-state index in [9.17, 15) is 4.79 Å². The molecule has 1 saturated heterocycles. The van der Waals surface area contributed by atoms with Crippen LogP contribution in [0.5, 0.6) is 0 Å². The van der Waals surface area contributed by atoms with Crippen LogP contribution in [-0.4, -0.2) is 43.2 Å². The molecule has 3 rings (SSSR count). The molecule has 2 aliphatic heterocycles. The molecule has 0 aliphatic carbocycles. The number of anilines is 1. The summed E-state index contributed by atoms with van der Waals surface area (Å²) in [5.41, 5.74) is 3.22. The number of carbonyl (C=O) groups excluding carboxylic acids is 1. The van der Waals surface area contributed by atoms with E-state index in [-0.39, 0.29) is 11.9 Å². The Morgan fingerprint density at radius 1 is 1.50 bits per heavy atom. The van der Waals surface area contributed by atoms with Crippen LogP contribution in [0.2, 0.25) is 0 Å². The molecular formula is C14H18N2O2. The maximum Gasteiger partial charge on any atom is 0.254 e. The minimum absolute atomic E-state index is 0.125. The minimum atomic E-state index is 0.125. The van der Waals surface area contributed by atoms with Crippen molar-refractivity contribution in [2.24, 2.45) is 0 Å². The molecule has 0 spiro atoms. The quantitative estimate of drug-likeness (QED) is 0.816. The van der Waals surface area contributed by atoms with Gasteiger partial charge in [0.1, 0.15) is 0 Å². The van der Waals surface area contributed by atoms with E-state index in [0.717, 1.165) is 18.5 Å². The van der Waals surface area contributed by atoms with Crippen molar-refractivity contribution in [3.8, 4) is 0 Å². The van der Waals surface area contributed by atoms with Gasteiger partial charge in [0.05, 0.1) is 19.3 Å². The van der Waals surface area contributed by atoms with Gasteiger partial charge in [0.15, 0.2) is 0 Å². The summed E-state index contributed by atoms with van der Waals surface area (Å²) in [7, 11) is 0. The molecule has 0 radical (unpaired) electrons. The molecule has 18 heavy (non-hydrogen) atoms. The third-order valence-corrected chi connectivity index (χ3v) is 3.69. The fourth-order valence-electron chi connectivity index (χ4n) is 2.63. The van der Waals surface area contributed by atoms with Crippen molar-refractivity contribution in [3.63, 3.8) is 0 Å². The lowest BCUT2D eigenvalue weighted by atomic mass is 10.1. The zero-order valence-electron chi connectivity index (χ0n) is 10.6. The molecule has 1 atom stereocenters. The summed E-state index contributed by atoms with van der Waals surface area (Å²) in [5.74, 6) is 0.125. The largest absolute Gasteiger partial charge is 0.384 e. The van der Waals surface area contributed by atoms with Gasteiger partial charge in [-0.3, -0.25) is 4.79 Å². The van der Waals surface area contributed by atoms with E-state index in [4.69, 9.17) is 4.74 Å². The molecule has 2 aliphatic rings. The van der Waals surface area contributed by atoms with Gasteiger partial charge in [-0.1, -0.05) is 0 Å². The highest BCUT2D eigenvalue weighted by Crippen LogP contribution is 2.24. The van der Waals surface area contributed by atoms with Gasteiger partial charge in [-0.15, -0.1) is 0 Å². The number of nitrogens with zero attached hydrogens (tertiary/aromatic N) is 1. The lowest BCUT2D eigenvalue weighted by Gasteiger charge is -2.33. The Morgan fingerprint density at radius 3 is 3.22 bits per heavy atom. The molecular weight excluding hydrogens is 228 g/mol. The predicted molar refractivity (Wildman–Crippen MR) is 70.0 cm³/mol. The number of fused-ring (bicyclic) bond motifs is 1. The summed E-state index contributed by atoms with van der Waals surface area (Å²) in [6, 6.07) is 6.12. The first-order valence-electron chi connectivity index (χ1n) is 6.51. The topological polar surface area (TPSA) is 41.6 Å². The second-order valence-electron chi connectivity index (χ2n) is 4.97. The number of hydrogen-bond donors (Lipinski definition) is 1. The Hall–Kier alpha value is -1.55. The highest BCUT2D eigenvalue weighted by atomic mass is 16.5. The van der Waals surface area contributed by atoms with Gasteiger partial charge in [0.2, 0.25) is 0 Å². The minimum Gasteiger partial charge on any atom is -0.384 e. The number of rotatable bonds is 1. The van der Waals surface area contributed by atoms with Gasteiger partial charge < -0.3 is 15.0 Å². The Balaban J connectivity index is 1.83. The lowest BCUT2D eigenvalue weighted by Crippen LogP contribution is -2.47. The number of ether oxygens (including phenoxy) is 1. The summed E-state index contributed by atoms with van der Waals surface area (Å²) in [5, 5.41) is 3.31. The molecule has 1 amide bonds. The van der Waals surface area contributed by atoms with Gasteiger partial charge in [-0.25, -0.2) is 0 Å². The maximum absolute atomic E-state index is 12.5. The normalized spacial score (nSPS) is 22.5. The van der Waals surface area contributed by atoms with Crippen LogP contribution in [-0.2, 0) is 11.2 Å². The monoisotopic (exact) mass is 246 g/mol. The molecule has 4 nitrogen and oxygen atoms in total. The van der Waals surface area contributed by atoms with Crippen molar-refractivity contribution in [1.82, 2.24) is 4.90 Å². The van der Waals surface area contributed by atoms with Crippen molar-refractivity contribution < 1.29 is 9.53 Å². The number of morpholine rings is 1. The van der Waals surface area contributed by atoms with E-state index < -0.39 is 0 Å². The number of amides is 1. The van der Waals surface area contributed by atoms with Crippen molar-refractivity contribution in [2.75, 3.05) is 31.6 Å². The van der Waals surface area contributed by atoms with Crippen LogP contribution in [0, 0.1) is 0 Å². The SMILES string of the molecule is CC1COCCN1C(=O)c1ccc2c(c1)CCN2. The average Bonchev–Trinajstić information content (AvgIpc) is 2.85.